The number of aromatic nitrogens is 3. The van der Waals surface area contributed by atoms with Gasteiger partial charge in [-0.15, -0.1) is 0 Å². The summed E-state index contributed by atoms with van der Waals surface area (Å²) in [6.07, 6.45) is 7.60. The van der Waals surface area contributed by atoms with Crippen molar-refractivity contribution in [1.29, 1.82) is 0 Å². The van der Waals surface area contributed by atoms with Crippen molar-refractivity contribution in [3.8, 4) is 5.69 Å². The van der Waals surface area contributed by atoms with Gasteiger partial charge in [-0.25, -0.2) is 0 Å². The number of benzene rings is 1. The lowest BCUT2D eigenvalue weighted by Crippen LogP contribution is -2.30. The summed E-state index contributed by atoms with van der Waals surface area (Å²) in [4.78, 5) is 11.1. The SMILES string of the molecule is S=C1N[C@@H](c2ccccn2)[C@@H](c2cccn2-c2ccc(Br)cc2)N1Cc1cccnc1. The van der Waals surface area contributed by atoms with Gasteiger partial charge in [-0.2, -0.15) is 0 Å². The Morgan fingerprint density at radius 1 is 0.968 bits per heavy atom. The van der Waals surface area contributed by atoms with E-state index >= 15 is 0 Å². The van der Waals surface area contributed by atoms with E-state index in [4.69, 9.17) is 12.2 Å². The first-order chi connectivity index (χ1) is 15.2. The Labute approximate surface area is 194 Å². The maximum absolute atomic E-state index is 5.80. The van der Waals surface area contributed by atoms with Crippen LogP contribution in [-0.4, -0.2) is 24.5 Å². The molecule has 5 rings (SSSR count). The Morgan fingerprint density at radius 2 is 1.84 bits per heavy atom. The summed E-state index contributed by atoms with van der Waals surface area (Å²) in [7, 11) is 0. The van der Waals surface area contributed by atoms with Crippen LogP contribution in [0.25, 0.3) is 5.69 Å². The standard InChI is InChI=1S/C24H20BrN5S/c25-18-8-10-19(11-9-18)29-14-4-7-21(29)23-22(20-6-1-2-13-27-20)28-24(31)30(23)16-17-5-3-12-26-15-17/h1-15,22-23H,16H2,(H,28,31)/t22-,23+/m0/s1. The van der Waals surface area contributed by atoms with Gasteiger partial charge in [-0.1, -0.05) is 28.1 Å². The van der Waals surface area contributed by atoms with E-state index in [1.165, 1.54) is 0 Å². The van der Waals surface area contributed by atoms with Gasteiger partial charge < -0.3 is 14.8 Å². The van der Waals surface area contributed by atoms with Crippen LogP contribution in [0.3, 0.4) is 0 Å². The molecule has 2 atom stereocenters. The lowest BCUT2D eigenvalue weighted by molar-refractivity contribution is 0.302. The van der Waals surface area contributed by atoms with E-state index in [2.05, 4.69) is 89.3 Å². The van der Waals surface area contributed by atoms with E-state index < -0.39 is 0 Å². The predicted molar refractivity (Wildman–Crippen MR) is 129 cm³/mol. The highest BCUT2D eigenvalue weighted by molar-refractivity contribution is 9.10. The van der Waals surface area contributed by atoms with E-state index in [0.717, 1.165) is 27.1 Å². The monoisotopic (exact) mass is 489 g/mol. The molecule has 4 aromatic rings. The number of halogens is 1. The molecule has 0 spiro atoms. The lowest BCUT2D eigenvalue weighted by Gasteiger charge is -2.29. The third-order valence-electron chi connectivity index (χ3n) is 5.46. The smallest absolute Gasteiger partial charge is 0.170 e. The van der Waals surface area contributed by atoms with Gasteiger partial charge in [-0.05, 0) is 72.4 Å². The molecule has 31 heavy (non-hydrogen) atoms. The molecule has 0 bridgehead atoms. The van der Waals surface area contributed by atoms with Gasteiger partial charge in [0.15, 0.2) is 5.11 Å². The van der Waals surface area contributed by atoms with E-state index in [-0.39, 0.29) is 12.1 Å². The molecule has 4 heterocycles. The molecule has 1 aliphatic rings. The minimum Gasteiger partial charge on any atom is -0.352 e. The zero-order valence-electron chi connectivity index (χ0n) is 16.6. The van der Waals surface area contributed by atoms with E-state index in [9.17, 15) is 0 Å². The summed E-state index contributed by atoms with van der Waals surface area (Å²) in [5.74, 6) is 0. The number of nitrogens with one attached hydrogen (secondary N) is 1. The largest absolute Gasteiger partial charge is 0.352 e. The Balaban J connectivity index is 1.60. The first-order valence-electron chi connectivity index (χ1n) is 10.0. The van der Waals surface area contributed by atoms with Gasteiger partial charge in [0.05, 0.1) is 17.8 Å². The van der Waals surface area contributed by atoms with Crippen LogP contribution in [0.4, 0.5) is 0 Å². The van der Waals surface area contributed by atoms with Crippen LogP contribution in [0.2, 0.25) is 0 Å². The molecule has 0 amide bonds. The number of nitrogens with zero attached hydrogens (tertiary/aromatic N) is 4. The van der Waals surface area contributed by atoms with Crippen molar-refractivity contribution in [2.24, 2.45) is 0 Å². The van der Waals surface area contributed by atoms with Gasteiger partial charge in [-0.3, -0.25) is 9.97 Å². The van der Waals surface area contributed by atoms with Crippen molar-refractivity contribution >= 4 is 33.3 Å². The van der Waals surface area contributed by atoms with Crippen LogP contribution < -0.4 is 5.32 Å². The van der Waals surface area contributed by atoms with Crippen LogP contribution in [0.15, 0.2) is 96.0 Å². The zero-order valence-corrected chi connectivity index (χ0v) is 19.0. The molecular weight excluding hydrogens is 470 g/mol. The summed E-state index contributed by atoms with van der Waals surface area (Å²) >= 11 is 9.33. The maximum atomic E-state index is 5.80. The minimum absolute atomic E-state index is 0.0266. The van der Waals surface area contributed by atoms with Crippen LogP contribution in [0.1, 0.15) is 29.0 Å². The first kappa shape index (κ1) is 19.9. The Kier molecular flexibility index (Phi) is 5.53. The van der Waals surface area contributed by atoms with Crippen molar-refractivity contribution in [3.05, 3.63) is 113 Å². The lowest BCUT2D eigenvalue weighted by atomic mass is 10.0. The summed E-state index contributed by atoms with van der Waals surface area (Å²) in [6.45, 7) is 0.666. The van der Waals surface area contributed by atoms with Gasteiger partial charge in [0.2, 0.25) is 0 Å². The fourth-order valence-electron chi connectivity index (χ4n) is 4.06. The Bertz CT molecular complexity index is 1180. The number of pyridine rings is 2. The third-order valence-corrected chi connectivity index (χ3v) is 6.34. The highest BCUT2D eigenvalue weighted by Gasteiger charge is 2.41. The average molecular weight is 490 g/mol. The second-order valence-electron chi connectivity index (χ2n) is 7.40. The van der Waals surface area contributed by atoms with Gasteiger partial charge in [0.25, 0.3) is 0 Å². The highest BCUT2D eigenvalue weighted by atomic mass is 79.9. The van der Waals surface area contributed by atoms with Crippen molar-refractivity contribution in [1.82, 2.24) is 24.8 Å². The fraction of sp³-hybridized carbons (Fsp3) is 0.125. The molecule has 1 N–H and O–H groups in total. The van der Waals surface area contributed by atoms with E-state index in [1.54, 1.807) is 6.20 Å². The molecule has 1 saturated heterocycles. The van der Waals surface area contributed by atoms with Crippen LogP contribution in [-0.2, 0) is 6.54 Å². The van der Waals surface area contributed by atoms with Crippen LogP contribution in [0.5, 0.6) is 0 Å². The predicted octanol–water partition coefficient (Wildman–Crippen LogP) is 5.20. The van der Waals surface area contributed by atoms with Crippen LogP contribution >= 0.6 is 28.1 Å². The van der Waals surface area contributed by atoms with Crippen molar-refractivity contribution in [3.63, 3.8) is 0 Å². The van der Waals surface area contributed by atoms with Gasteiger partial charge in [0, 0.05) is 47.2 Å². The second-order valence-corrected chi connectivity index (χ2v) is 8.70. The summed E-state index contributed by atoms with van der Waals surface area (Å²) < 4.78 is 3.28. The number of thiocarbonyl (C=S) groups is 1. The van der Waals surface area contributed by atoms with Crippen molar-refractivity contribution in [2.45, 2.75) is 18.6 Å². The normalized spacial score (nSPS) is 18.2. The molecular formula is C24H20BrN5S. The summed E-state index contributed by atoms with van der Waals surface area (Å²) in [5, 5.41) is 4.24. The highest BCUT2D eigenvalue weighted by Crippen LogP contribution is 2.40. The minimum atomic E-state index is -0.0607. The molecule has 0 saturated carbocycles. The molecule has 154 valence electrons. The van der Waals surface area contributed by atoms with E-state index in [1.807, 2.05) is 36.7 Å². The second kappa shape index (κ2) is 8.61. The molecule has 3 aromatic heterocycles. The number of rotatable bonds is 5. The molecule has 1 fully saturated rings. The summed E-state index contributed by atoms with van der Waals surface area (Å²) in [5.41, 5.74) is 4.32. The van der Waals surface area contributed by atoms with Crippen molar-refractivity contribution < 1.29 is 0 Å². The molecule has 0 radical (unpaired) electrons. The average Bonchev–Trinajstić information content (AvgIpc) is 3.40. The maximum Gasteiger partial charge on any atom is 0.170 e. The topological polar surface area (TPSA) is 46.0 Å². The molecule has 5 nitrogen and oxygen atoms in total. The van der Waals surface area contributed by atoms with Gasteiger partial charge >= 0.3 is 0 Å². The third kappa shape index (κ3) is 3.98. The van der Waals surface area contributed by atoms with Gasteiger partial charge in [0.1, 0.15) is 0 Å². The first-order valence-corrected chi connectivity index (χ1v) is 11.2. The van der Waals surface area contributed by atoms with E-state index in [0.29, 0.717) is 11.7 Å². The molecule has 0 aliphatic carbocycles. The zero-order chi connectivity index (χ0) is 21.2. The number of hydrogen-bond acceptors (Lipinski definition) is 3. The molecule has 0 unspecified atom stereocenters. The quantitative estimate of drug-likeness (QED) is 0.390. The molecule has 7 heteroatoms. The number of hydrogen-bond donors (Lipinski definition) is 1. The Hall–Kier alpha value is -3.03. The van der Waals surface area contributed by atoms with Crippen molar-refractivity contribution in [2.75, 3.05) is 0 Å². The Morgan fingerprint density at radius 3 is 2.58 bits per heavy atom. The molecule has 1 aromatic carbocycles. The summed E-state index contributed by atoms with van der Waals surface area (Å²) in [6, 6.07) is 22.5. The fourth-order valence-corrected chi connectivity index (χ4v) is 4.63. The molecule has 1 aliphatic heterocycles. The van der Waals surface area contributed by atoms with Crippen LogP contribution in [0, 0.1) is 0 Å².